The lowest BCUT2D eigenvalue weighted by atomic mass is 10.4. The molecule has 0 amide bonds. The Kier molecular flexibility index (Phi) is 11.0. The van der Waals surface area contributed by atoms with Crippen LogP contribution in [0.2, 0.25) is 0 Å². The van der Waals surface area contributed by atoms with Gasteiger partial charge in [0.1, 0.15) is 11.8 Å². The number of nitrogens with one attached hydrogen (secondary N) is 1. The van der Waals surface area contributed by atoms with Crippen LogP contribution in [0.1, 0.15) is 30.9 Å². The van der Waals surface area contributed by atoms with Gasteiger partial charge in [-0.1, -0.05) is 13.8 Å². The molecule has 0 atom stereocenters. The summed E-state index contributed by atoms with van der Waals surface area (Å²) in [6.45, 7) is 7.80. The van der Waals surface area contributed by atoms with Crippen LogP contribution >= 0.6 is 0 Å². The quantitative estimate of drug-likeness (QED) is 0.563. The summed E-state index contributed by atoms with van der Waals surface area (Å²) >= 11 is 0. The second kappa shape index (κ2) is 12.5. The third kappa shape index (κ3) is 7.93. The average Bonchev–Trinajstić information content (AvgIpc) is 3.12. The van der Waals surface area contributed by atoms with Gasteiger partial charge in [-0.15, -0.1) is 9.73 Å². The first kappa shape index (κ1) is 22.1. The van der Waals surface area contributed by atoms with Crippen LogP contribution in [-0.4, -0.2) is 43.8 Å². The molecule has 0 fully saturated rings. The largest absolute Gasteiger partial charge is 0.405 e. The van der Waals surface area contributed by atoms with Crippen molar-refractivity contribution in [2.24, 2.45) is 5.73 Å². The SMILES string of the molecule is CC.CNC.Cc1cc(/C=C\N)n(N)n1.Cc1cc2cncnn2n1. The second-order valence-corrected chi connectivity index (χ2v) is 4.62. The van der Waals surface area contributed by atoms with Crippen LogP contribution in [0.4, 0.5) is 0 Å². The molecule has 9 heteroatoms. The molecule has 0 unspecified atom stereocenters. The molecule has 3 aromatic rings. The fourth-order valence-electron chi connectivity index (χ4n) is 1.64. The molecule has 138 valence electrons. The Labute approximate surface area is 148 Å². The lowest BCUT2D eigenvalue weighted by Crippen LogP contribution is -2.11. The molecule has 0 radical (unpaired) electrons. The van der Waals surface area contributed by atoms with Crippen LogP contribution in [0.3, 0.4) is 0 Å². The maximum absolute atomic E-state index is 5.43. The van der Waals surface area contributed by atoms with Gasteiger partial charge in [0, 0.05) is 0 Å². The summed E-state index contributed by atoms with van der Waals surface area (Å²) in [4.78, 5) is 5.14. The number of rotatable bonds is 1. The molecular formula is C16H29N9. The van der Waals surface area contributed by atoms with E-state index in [1.165, 1.54) is 17.3 Å². The summed E-state index contributed by atoms with van der Waals surface area (Å²) in [6.07, 6.45) is 6.33. The van der Waals surface area contributed by atoms with Crippen LogP contribution in [0.5, 0.6) is 0 Å². The number of nitrogens with two attached hydrogens (primary N) is 2. The van der Waals surface area contributed by atoms with Gasteiger partial charge in [-0.05, 0) is 52.4 Å². The van der Waals surface area contributed by atoms with Gasteiger partial charge in [0.2, 0.25) is 0 Å². The topological polar surface area (TPSA) is 125 Å². The fourth-order valence-corrected chi connectivity index (χ4v) is 1.64. The van der Waals surface area contributed by atoms with Gasteiger partial charge >= 0.3 is 0 Å². The van der Waals surface area contributed by atoms with E-state index < -0.39 is 0 Å². The summed E-state index contributed by atoms with van der Waals surface area (Å²) in [7, 11) is 3.75. The summed E-state index contributed by atoms with van der Waals surface area (Å²) in [5.41, 5.74) is 8.74. The standard InChI is InChI=1S/C6H6N4.C6H10N4.C2H7N.C2H6/c1-5-2-6-3-7-4-8-10(6)9-5;1-5-4-6(2-3-7)10(8)9-5;1-3-2;1-2/h2-4H,1H3;2-4H,7-8H2,1H3;3H,1-2H3;1-2H3/b;3-2-;;. The minimum atomic E-state index is 0.806. The number of hydrogen-bond acceptors (Lipinski definition) is 7. The summed E-state index contributed by atoms with van der Waals surface area (Å²) < 4.78 is 1.56. The van der Waals surface area contributed by atoms with Gasteiger partial charge in [0.05, 0.1) is 23.3 Å². The highest BCUT2D eigenvalue weighted by Crippen LogP contribution is 2.01. The van der Waals surface area contributed by atoms with E-state index in [0.29, 0.717) is 0 Å². The molecule has 0 aliphatic carbocycles. The highest BCUT2D eigenvalue weighted by molar-refractivity contribution is 5.44. The normalized spacial score (nSPS) is 9.52. The molecule has 3 heterocycles. The van der Waals surface area contributed by atoms with Crippen LogP contribution in [0, 0.1) is 13.8 Å². The molecule has 9 nitrogen and oxygen atoms in total. The molecular weight excluding hydrogens is 318 g/mol. The van der Waals surface area contributed by atoms with Gasteiger partial charge < -0.3 is 16.9 Å². The number of nitrogen functional groups attached to an aromatic ring is 1. The van der Waals surface area contributed by atoms with Crippen molar-refractivity contribution >= 4 is 11.6 Å². The van der Waals surface area contributed by atoms with Gasteiger partial charge in [-0.2, -0.15) is 15.0 Å². The van der Waals surface area contributed by atoms with E-state index in [1.807, 2.05) is 53.9 Å². The van der Waals surface area contributed by atoms with E-state index in [1.54, 1.807) is 16.9 Å². The first-order valence-electron chi connectivity index (χ1n) is 7.93. The van der Waals surface area contributed by atoms with E-state index in [0.717, 1.165) is 22.6 Å². The number of aromatic nitrogens is 6. The van der Waals surface area contributed by atoms with Crippen LogP contribution in [0.25, 0.3) is 11.6 Å². The first-order valence-corrected chi connectivity index (χ1v) is 7.93. The predicted octanol–water partition coefficient (Wildman–Crippen LogP) is 1.13. The molecule has 0 aromatic carbocycles. The third-order valence-corrected chi connectivity index (χ3v) is 2.43. The average molecular weight is 347 g/mol. The van der Waals surface area contributed by atoms with Crippen LogP contribution in [0.15, 0.2) is 30.9 Å². The van der Waals surface area contributed by atoms with Crippen molar-refractivity contribution in [1.82, 2.24) is 35.0 Å². The molecule has 0 spiro atoms. The Morgan fingerprint density at radius 1 is 1.08 bits per heavy atom. The highest BCUT2D eigenvalue weighted by atomic mass is 15.5. The second-order valence-electron chi connectivity index (χ2n) is 4.62. The Hall–Kier alpha value is -2.94. The lowest BCUT2D eigenvalue weighted by Gasteiger charge is -1.90. The van der Waals surface area contributed by atoms with Gasteiger partial charge in [0.25, 0.3) is 0 Å². The Balaban J connectivity index is 0.000000368. The van der Waals surface area contributed by atoms with E-state index in [2.05, 4.69) is 25.6 Å². The van der Waals surface area contributed by atoms with Crippen LogP contribution < -0.4 is 16.9 Å². The fraction of sp³-hybridized carbons (Fsp3) is 0.375. The molecule has 0 bridgehead atoms. The van der Waals surface area contributed by atoms with Crippen LogP contribution in [-0.2, 0) is 0 Å². The van der Waals surface area contributed by atoms with E-state index in [9.17, 15) is 0 Å². The van der Waals surface area contributed by atoms with Crippen molar-refractivity contribution < 1.29 is 0 Å². The van der Waals surface area contributed by atoms with Crippen molar-refractivity contribution in [3.63, 3.8) is 0 Å². The predicted molar refractivity (Wildman–Crippen MR) is 102 cm³/mol. The summed E-state index contributed by atoms with van der Waals surface area (Å²) in [6, 6.07) is 3.78. The Morgan fingerprint density at radius 2 is 1.68 bits per heavy atom. The molecule has 3 rings (SSSR count). The highest BCUT2D eigenvalue weighted by Gasteiger charge is 1.96. The zero-order valence-corrected chi connectivity index (χ0v) is 15.8. The van der Waals surface area contributed by atoms with Crippen molar-refractivity contribution in [3.05, 3.63) is 47.9 Å². The Morgan fingerprint density at radius 3 is 2.16 bits per heavy atom. The molecule has 0 saturated heterocycles. The maximum atomic E-state index is 5.43. The zero-order valence-electron chi connectivity index (χ0n) is 15.8. The van der Waals surface area contributed by atoms with Crippen molar-refractivity contribution in [2.45, 2.75) is 27.7 Å². The Bertz CT molecular complexity index is 710. The van der Waals surface area contributed by atoms with E-state index in [4.69, 9.17) is 11.6 Å². The van der Waals surface area contributed by atoms with Crippen molar-refractivity contribution in [2.75, 3.05) is 19.9 Å². The molecule has 0 aliphatic rings. The lowest BCUT2D eigenvalue weighted by molar-refractivity contribution is 0.770. The molecule has 0 saturated carbocycles. The number of hydrogen-bond donors (Lipinski definition) is 3. The van der Waals surface area contributed by atoms with Gasteiger partial charge in [-0.25, -0.2) is 4.98 Å². The molecule has 0 aliphatic heterocycles. The minimum Gasteiger partial charge on any atom is -0.405 e. The monoisotopic (exact) mass is 347 g/mol. The third-order valence-electron chi connectivity index (χ3n) is 2.43. The first-order chi connectivity index (χ1) is 12.0. The molecule has 3 aromatic heterocycles. The van der Waals surface area contributed by atoms with Gasteiger partial charge in [0.15, 0.2) is 0 Å². The smallest absolute Gasteiger partial charge is 0.138 e. The van der Waals surface area contributed by atoms with E-state index in [-0.39, 0.29) is 0 Å². The molecule has 5 N–H and O–H groups in total. The number of nitrogens with zero attached hydrogens (tertiary/aromatic N) is 6. The zero-order chi connectivity index (χ0) is 19.2. The van der Waals surface area contributed by atoms with Crippen molar-refractivity contribution in [1.29, 1.82) is 0 Å². The molecule has 25 heavy (non-hydrogen) atoms. The van der Waals surface area contributed by atoms with E-state index >= 15 is 0 Å². The van der Waals surface area contributed by atoms with Gasteiger partial charge in [-0.3, -0.25) is 0 Å². The summed E-state index contributed by atoms with van der Waals surface area (Å²) in [5, 5.41) is 14.6. The number of fused-ring (bicyclic) bond motifs is 1. The number of aryl methyl sites for hydroxylation is 2. The summed E-state index contributed by atoms with van der Waals surface area (Å²) in [5.74, 6) is 5.43. The minimum absolute atomic E-state index is 0.806. The van der Waals surface area contributed by atoms with Crippen molar-refractivity contribution in [3.8, 4) is 0 Å². The maximum Gasteiger partial charge on any atom is 0.138 e.